The van der Waals surface area contributed by atoms with Gasteiger partial charge in [-0.25, -0.2) is 9.59 Å². The minimum Gasteiger partial charge on any atom is -0.480 e. The fourth-order valence-corrected chi connectivity index (χ4v) is 2.52. The van der Waals surface area contributed by atoms with E-state index in [2.05, 4.69) is 22.5 Å². The molecule has 0 bridgehead atoms. The minimum atomic E-state index is -1.10. The van der Waals surface area contributed by atoms with Crippen molar-refractivity contribution >= 4 is 12.0 Å². The zero-order valence-corrected chi connectivity index (χ0v) is 12.9. The molecule has 7 heteroatoms. The molecule has 122 valence electrons. The van der Waals surface area contributed by atoms with Crippen LogP contribution in [0.2, 0.25) is 0 Å². The smallest absolute Gasteiger partial charge is 0.328 e. The van der Waals surface area contributed by atoms with Crippen molar-refractivity contribution in [3.8, 4) is 0 Å². The Morgan fingerprint density at radius 1 is 1.43 bits per heavy atom. The van der Waals surface area contributed by atoms with E-state index in [-0.39, 0.29) is 6.61 Å². The Morgan fingerprint density at radius 2 is 2.19 bits per heavy atom. The summed E-state index contributed by atoms with van der Waals surface area (Å²) in [6.07, 6.45) is 4.65. The zero-order chi connectivity index (χ0) is 15.7. The molecule has 1 heterocycles. The van der Waals surface area contributed by atoms with Gasteiger partial charge in [-0.05, 0) is 32.7 Å². The molecule has 2 unspecified atom stereocenters. The second-order valence-corrected chi connectivity index (χ2v) is 5.48. The average Bonchev–Trinajstić information content (AvgIpc) is 2.44. The molecule has 2 amide bonds. The number of methoxy groups -OCH3 is 1. The third-order valence-corrected chi connectivity index (χ3v) is 3.78. The van der Waals surface area contributed by atoms with Crippen LogP contribution in [0.4, 0.5) is 4.79 Å². The van der Waals surface area contributed by atoms with Gasteiger partial charge in [0.15, 0.2) is 6.04 Å². The molecule has 1 rings (SSSR count). The zero-order valence-electron chi connectivity index (χ0n) is 12.9. The first-order valence-electron chi connectivity index (χ1n) is 7.54. The van der Waals surface area contributed by atoms with Crippen molar-refractivity contribution in [3.05, 3.63) is 0 Å². The summed E-state index contributed by atoms with van der Waals surface area (Å²) >= 11 is 0. The Balaban J connectivity index is 2.16. The molecule has 1 saturated heterocycles. The molecule has 0 aromatic rings. The lowest BCUT2D eigenvalue weighted by atomic mass is 10.0. The number of nitrogens with one attached hydrogen (secondary N) is 2. The predicted molar refractivity (Wildman–Crippen MR) is 79.3 cm³/mol. The molecule has 0 spiro atoms. The van der Waals surface area contributed by atoms with Gasteiger partial charge in [0.05, 0.1) is 6.61 Å². The average molecular weight is 301 g/mol. The lowest BCUT2D eigenvalue weighted by Crippen LogP contribution is -2.48. The second kappa shape index (κ2) is 9.57. The van der Waals surface area contributed by atoms with E-state index in [1.54, 1.807) is 0 Å². The third kappa shape index (κ3) is 6.77. The van der Waals surface area contributed by atoms with Crippen molar-refractivity contribution in [2.75, 3.05) is 33.4 Å². The molecule has 0 aromatic heterocycles. The number of carbonyl (C=O) groups excluding carboxylic acids is 1. The van der Waals surface area contributed by atoms with E-state index in [1.807, 2.05) is 0 Å². The minimum absolute atomic E-state index is 0.0476. The summed E-state index contributed by atoms with van der Waals surface area (Å²) in [6.45, 7) is 4.81. The highest BCUT2D eigenvalue weighted by molar-refractivity contribution is 5.82. The number of hydrogen-bond acceptors (Lipinski definition) is 4. The highest BCUT2D eigenvalue weighted by Crippen LogP contribution is 2.15. The first kappa shape index (κ1) is 17.7. The molecule has 7 nitrogen and oxygen atoms in total. The van der Waals surface area contributed by atoms with Crippen molar-refractivity contribution in [2.24, 2.45) is 0 Å². The van der Waals surface area contributed by atoms with E-state index >= 15 is 0 Å². The molecule has 1 aliphatic heterocycles. The van der Waals surface area contributed by atoms with Crippen LogP contribution in [0.15, 0.2) is 0 Å². The van der Waals surface area contributed by atoms with Crippen LogP contribution < -0.4 is 10.6 Å². The van der Waals surface area contributed by atoms with Crippen molar-refractivity contribution < 1.29 is 19.4 Å². The van der Waals surface area contributed by atoms with Gasteiger partial charge < -0.3 is 25.4 Å². The fraction of sp³-hybridized carbons (Fsp3) is 0.857. The molecule has 1 fully saturated rings. The standard InChI is InChI=1S/C14H27N3O4/c1-11-6-3-4-8-17(11)9-5-7-15-14(20)16-12(10-21-2)13(18)19/h11-12H,3-10H2,1-2H3,(H,18,19)(H2,15,16,20). The van der Waals surface area contributed by atoms with Crippen LogP contribution in [0.5, 0.6) is 0 Å². The van der Waals surface area contributed by atoms with E-state index in [4.69, 9.17) is 9.84 Å². The molecule has 1 aliphatic rings. The highest BCUT2D eigenvalue weighted by Gasteiger charge is 2.20. The van der Waals surface area contributed by atoms with E-state index in [9.17, 15) is 9.59 Å². The number of amides is 2. The van der Waals surface area contributed by atoms with E-state index < -0.39 is 18.0 Å². The third-order valence-electron chi connectivity index (χ3n) is 3.78. The number of carboxylic acids is 1. The molecule has 0 saturated carbocycles. The maximum atomic E-state index is 11.6. The van der Waals surface area contributed by atoms with Crippen LogP contribution in [-0.4, -0.2) is 67.4 Å². The highest BCUT2D eigenvalue weighted by atomic mass is 16.5. The first-order chi connectivity index (χ1) is 10.0. The molecule has 2 atom stereocenters. The van der Waals surface area contributed by atoms with E-state index in [0.29, 0.717) is 12.6 Å². The maximum Gasteiger partial charge on any atom is 0.328 e. The summed E-state index contributed by atoms with van der Waals surface area (Å²) in [7, 11) is 1.40. The molecule has 0 aromatic carbocycles. The van der Waals surface area contributed by atoms with Crippen molar-refractivity contribution in [2.45, 2.75) is 44.7 Å². The number of nitrogens with zero attached hydrogens (tertiary/aromatic N) is 1. The number of carbonyl (C=O) groups is 2. The molecule has 0 aliphatic carbocycles. The second-order valence-electron chi connectivity index (χ2n) is 5.48. The Morgan fingerprint density at radius 3 is 2.81 bits per heavy atom. The molecular formula is C14H27N3O4. The van der Waals surface area contributed by atoms with Crippen molar-refractivity contribution in [1.29, 1.82) is 0 Å². The van der Waals surface area contributed by atoms with E-state index in [1.165, 1.54) is 26.4 Å². The largest absolute Gasteiger partial charge is 0.480 e. The van der Waals surface area contributed by atoms with Gasteiger partial charge in [-0.15, -0.1) is 0 Å². The Bertz CT molecular complexity index is 338. The normalized spacial score (nSPS) is 20.8. The van der Waals surface area contributed by atoms with Gasteiger partial charge in [0, 0.05) is 26.2 Å². The molecule has 21 heavy (non-hydrogen) atoms. The van der Waals surface area contributed by atoms with Crippen molar-refractivity contribution in [1.82, 2.24) is 15.5 Å². The van der Waals surface area contributed by atoms with Crippen molar-refractivity contribution in [3.63, 3.8) is 0 Å². The van der Waals surface area contributed by atoms with Gasteiger partial charge >= 0.3 is 12.0 Å². The van der Waals surface area contributed by atoms with Crippen LogP contribution in [0.3, 0.4) is 0 Å². The van der Waals surface area contributed by atoms with Crippen LogP contribution in [0, 0.1) is 0 Å². The summed E-state index contributed by atoms with van der Waals surface area (Å²) in [5, 5.41) is 14.0. The quantitative estimate of drug-likeness (QED) is 0.573. The molecular weight excluding hydrogens is 274 g/mol. The molecule has 0 radical (unpaired) electrons. The SMILES string of the molecule is COCC(NC(=O)NCCCN1CCCCC1C)C(=O)O. The number of likely N-dealkylation sites (tertiary alicyclic amines) is 1. The number of carboxylic acid groups (broad SMARTS) is 1. The fourth-order valence-electron chi connectivity index (χ4n) is 2.52. The van der Waals surface area contributed by atoms with Crippen LogP contribution in [-0.2, 0) is 9.53 Å². The molecule has 3 N–H and O–H groups in total. The van der Waals surface area contributed by atoms with Gasteiger partial charge in [0.1, 0.15) is 0 Å². The Kier molecular flexibility index (Phi) is 8.07. The van der Waals surface area contributed by atoms with Gasteiger partial charge in [-0.1, -0.05) is 6.42 Å². The summed E-state index contributed by atoms with van der Waals surface area (Å²) in [5.74, 6) is -1.10. The Hall–Kier alpha value is -1.34. The summed E-state index contributed by atoms with van der Waals surface area (Å²) in [6, 6.07) is -0.867. The first-order valence-corrected chi connectivity index (χ1v) is 7.54. The van der Waals surface area contributed by atoms with Gasteiger partial charge in [-0.3, -0.25) is 0 Å². The van der Waals surface area contributed by atoms with Crippen LogP contribution >= 0.6 is 0 Å². The van der Waals surface area contributed by atoms with Gasteiger partial charge in [-0.2, -0.15) is 0 Å². The topological polar surface area (TPSA) is 90.9 Å². The van der Waals surface area contributed by atoms with Gasteiger partial charge in [0.25, 0.3) is 0 Å². The number of aliphatic carboxylic acids is 1. The Labute approximate surface area is 126 Å². The monoisotopic (exact) mass is 301 g/mol. The summed E-state index contributed by atoms with van der Waals surface area (Å²) in [4.78, 5) is 24.9. The lowest BCUT2D eigenvalue weighted by Gasteiger charge is -2.33. The maximum absolute atomic E-state index is 11.6. The number of ether oxygens (including phenoxy) is 1. The number of hydrogen-bond donors (Lipinski definition) is 3. The van der Waals surface area contributed by atoms with Gasteiger partial charge in [0.2, 0.25) is 0 Å². The number of urea groups is 1. The van der Waals surface area contributed by atoms with Crippen LogP contribution in [0.25, 0.3) is 0 Å². The summed E-state index contributed by atoms with van der Waals surface area (Å²) < 4.78 is 4.75. The number of rotatable bonds is 8. The summed E-state index contributed by atoms with van der Waals surface area (Å²) in [5.41, 5.74) is 0. The predicted octanol–water partition coefficient (Wildman–Crippen LogP) is 0.650. The van der Waals surface area contributed by atoms with E-state index in [0.717, 1.165) is 19.5 Å². The number of piperidine rings is 1. The lowest BCUT2D eigenvalue weighted by molar-refractivity contribution is -0.140. The van der Waals surface area contributed by atoms with Crippen LogP contribution in [0.1, 0.15) is 32.6 Å².